The average Bonchev–Trinajstić information content (AvgIpc) is 3.36. The standard InChI is InChI=1S/C16H20N8O/c1-23-6-5-18-15(23)13-7-14(22-21-13)20-16(25)11-8-19-24(10-11)12-3-2-4-17-9-12/h5-8,10,12,17H,2-4,9H2,1H3,(H2,20,21,22,25)/t12-/m0/s1. The maximum absolute atomic E-state index is 12.4. The number of H-pyrrole nitrogens is 1. The number of nitrogens with one attached hydrogen (secondary N) is 3. The van der Waals surface area contributed by atoms with E-state index in [1.807, 2.05) is 22.5 Å². The van der Waals surface area contributed by atoms with Gasteiger partial charge < -0.3 is 15.2 Å². The molecule has 3 N–H and O–H groups in total. The van der Waals surface area contributed by atoms with Crippen molar-refractivity contribution in [1.82, 2.24) is 34.8 Å². The summed E-state index contributed by atoms with van der Waals surface area (Å²) in [6.07, 6.45) is 9.14. The third-order valence-corrected chi connectivity index (χ3v) is 4.39. The number of imidazole rings is 1. The lowest BCUT2D eigenvalue weighted by Crippen LogP contribution is -2.31. The molecule has 1 aliphatic rings. The van der Waals surface area contributed by atoms with E-state index in [-0.39, 0.29) is 5.91 Å². The molecule has 1 fully saturated rings. The highest BCUT2D eigenvalue weighted by atomic mass is 16.1. The molecule has 3 aromatic rings. The molecule has 3 aromatic heterocycles. The average molecular weight is 340 g/mol. The van der Waals surface area contributed by atoms with E-state index >= 15 is 0 Å². The maximum Gasteiger partial charge on any atom is 0.260 e. The van der Waals surface area contributed by atoms with E-state index in [0.29, 0.717) is 17.4 Å². The number of hydrogen-bond donors (Lipinski definition) is 3. The number of amides is 1. The van der Waals surface area contributed by atoms with Crippen LogP contribution in [0, 0.1) is 0 Å². The minimum atomic E-state index is -0.229. The molecule has 0 saturated carbocycles. The quantitative estimate of drug-likeness (QED) is 0.661. The number of anilines is 1. The fourth-order valence-corrected chi connectivity index (χ4v) is 3.03. The predicted octanol–water partition coefficient (Wildman–Crippen LogP) is 1.18. The first-order valence-electron chi connectivity index (χ1n) is 8.30. The molecule has 0 bridgehead atoms. The Morgan fingerprint density at radius 3 is 3.12 bits per heavy atom. The lowest BCUT2D eigenvalue weighted by Gasteiger charge is -2.22. The number of carbonyl (C=O) groups is 1. The van der Waals surface area contributed by atoms with Crippen LogP contribution in [0.4, 0.5) is 5.82 Å². The fraction of sp³-hybridized carbons (Fsp3) is 0.375. The van der Waals surface area contributed by atoms with Gasteiger partial charge in [-0.25, -0.2) is 4.98 Å². The number of carbonyl (C=O) groups excluding carboxylic acids is 1. The largest absolute Gasteiger partial charge is 0.333 e. The van der Waals surface area contributed by atoms with E-state index in [9.17, 15) is 4.79 Å². The Labute approximate surface area is 144 Å². The molecule has 130 valence electrons. The molecule has 1 atom stereocenters. The Morgan fingerprint density at radius 2 is 2.36 bits per heavy atom. The molecule has 9 heteroatoms. The molecule has 0 spiro atoms. The molecule has 4 heterocycles. The van der Waals surface area contributed by atoms with E-state index < -0.39 is 0 Å². The van der Waals surface area contributed by atoms with Crippen molar-refractivity contribution in [3.63, 3.8) is 0 Å². The lowest BCUT2D eigenvalue weighted by atomic mass is 10.1. The SMILES string of the molecule is Cn1ccnc1-c1cc(NC(=O)c2cnn([C@H]3CCCNC3)c2)n[nH]1. The van der Waals surface area contributed by atoms with Gasteiger partial charge in [-0.2, -0.15) is 10.2 Å². The van der Waals surface area contributed by atoms with Crippen LogP contribution in [0.2, 0.25) is 0 Å². The van der Waals surface area contributed by atoms with Crippen LogP contribution >= 0.6 is 0 Å². The van der Waals surface area contributed by atoms with E-state index in [1.165, 1.54) is 0 Å². The molecule has 0 aliphatic carbocycles. The molecule has 1 amide bonds. The molecule has 25 heavy (non-hydrogen) atoms. The zero-order valence-corrected chi connectivity index (χ0v) is 13.9. The summed E-state index contributed by atoms with van der Waals surface area (Å²) in [6, 6.07) is 2.06. The zero-order chi connectivity index (χ0) is 17.2. The predicted molar refractivity (Wildman–Crippen MR) is 92.1 cm³/mol. The number of aromatic amines is 1. The summed E-state index contributed by atoms with van der Waals surface area (Å²) in [6.45, 7) is 1.93. The van der Waals surface area contributed by atoms with Crippen LogP contribution in [-0.4, -0.2) is 48.5 Å². The van der Waals surface area contributed by atoms with Crippen LogP contribution in [0.15, 0.2) is 30.9 Å². The van der Waals surface area contributed by atoms with Crippen molar-refractivity contribution >= 4 is 11.7 Å². The number of aromatic nitrogens is 6. The fourth-order valence-electron chi connectivity index (χ4n) is 3.03. The first-order valence-corrected chi connectivity index (χ1v) is 8.30. The number of hydrogen-bond acceptors (Lipinski definition) is 5. The summed E-state index contributed by atoms with van der Waals surface area (Å²) in [5.74, 6) is 0.980. The van der Waals surface area contributed by atoms with Crippen molar-refractivity contribution in [2.75, 3.05) is 18.4 Å². The topological polar surface area (TPSA) is 105 Å². The summed E-state index contributed by atoms with van der Waals surface area (Å²) in [5, 5.41) is 17.5. The summed E-state index contributed by atoms with van der Waals surface area (Å²) in [4.78, 5) is 16.7. The highest BCUT2D eigenvalue weighted by molar-refractivity contribution is 6.03. The van der Waals surface area contributed by atoms with E-state index in [4.69, 9.17) is 0 Å². The molecular formula is C16H20N8O. The van der Waals surface area contributed by atoms with Gasteiger partial charge in [-0.1, -0.05) is 0 Å². The molecule has 0 radical (unpaired) electrons. The minimum Gasteiger partial charge on any atom is -0.333 e. The third-order valence-electron chi connectivity index (χ3n) is 4.39. The van der Waals surface area contributed by atoms with Crippen LogP contribution in [0.25, 0.3) is 11.5 Å². The molecule has 0 unspecified atom stereocenters. The first-order chi connectivity index (χ1) is 12.2. The van der Waals surface area contributed by atoms with Gasteiger partial charge in [0, 0.05) is 38.2 Å². The normalized spacial score (nSPS) is 17.6. The van der Waals surface area contributed by atoms with Crippen molar-refractivity contribution < 1.29 is 4.79 Å². The van der Waals surface area contributed by atoms with Crippen molar-refractivity contribution in [2.24, 2.45) is 7.05 Å². The van der Waals surface area contributed by atoms with Gasteiger partial charge >= 0.3 is 0 Å². The zero-order valence-electron chi connectivity index (χ0n) is 13.9. The second kappa shape index (κ2) is 6.52. The van der Waals surface area contributed by atoms with Crippen LogP contribution in [0.5, 0.6) is 0 Å². The molecular weight excluding hydrogens is 320 g/mol. The van der Waals surface area contributed by atoms with Crippen molar-refractivity contribution in [3.05, 3.63) is 36.4 Å². The molecule has 4 rings (SSSR count). The highest BCUT2D eigenvalue weighted by Crippen LogP contribution is 2.19. The number of piperidine rings is 1. The van der Waals surface area contributed by atoms with Gasteiger partial charge in [-0.05, 0) is 19.4 Å². The van der Waals surface area contributed by atoms with Gasteiger partial charge in [0.05, 0.1) is 17.8 Å². The Morgan fingerprint density at radius 1 is 1.44 bits per heavy atom. The summed E-state index contributed by atoms with van der Waals surface area (Å²) in [5.41, 5.74) is 1.26. The number of nitrogens with zero attached hydrogens (tertiary/aromatic N) is 5. The monoisotopic (exact) mass is 340 g/mol. The van der Waals surface area contributed by atoms with Crippen LogP contribution in [0.3, 0.4) is 0 Å². The minimum absolute atomic E-state index is 0.229. The van der Waals surface area contributed by atoms with Crippen LogP contribution in [-0.2, 0) is 7.05 Å². The second-order valence-corrected chi connectivity index (χ2v) is 6.19. The first kappa shape index (κ1) is 15.6. The Balaban J connectivity index is 1.45. The van der Waals surface area contributed by atoms with Crippen molar-refractivity contribution in [1.29, 1.82) is 0 Å². The second-order valence-electron chi connectivity index (χ2n) is 6.19. The van der Waals surface area contributed by atoms with E-state index in [0.717, 1.165) is 37.4 Å². The maximum atomic E-state index is 12.4. The number of aryl methyl sites for hydroxylation is 1. The van der Waals surface area contributed by atoms with Gasteiger partial charge in [0.1, 0.15) is 5.69 Å². The molecule has 9 nitrogen and oxygen atoms in total. The highest BCUT2D eigenvalue weighted by Gasteiger charge is 2.18. The van der Waals surface area contributed by atoms with E-state index in [2.05, 4.69) is 30.9 Å². The van der Waals surface area contributed by atoms with Gasteiger partial charge in [0.2, 0.25) is 0 Å². The molecule has 1 aliphatic heterocycles. The smallest absolute Gasteiger partial charge is 0.260 e. The molecule has 0 aromatic carbocycles. The molecule has 1 saturated heterocycles. The van der Waals surface area contributed by atoms with E-state index in [1.54, 1.807) is 24.7 Å². The summed E-state index contributed by atoms with van der Waals surface area (Å²) < 4.78 is 3.74. The Hall–Kier alpha value is -2.94. The third kappa shape index (κ3) is 3.18. The van der Waals surface area contributed by atoms with Gasteiger partial charge in [0.15, 0.2) is 11.6 Å². The van der Waals surface area contributed by atoms with Gasteiger partial charge in [-0.15, -0.1) is 0 Å². The summed E-state index contributed by atoms with van der Waals surface area (Å²) >= 11 is 0. The Kier molecular flexibility index (Phi) is 4.06. The van der Waals surface area contributed by atoms with Gasteiger partial charge in [-0.3, -0.25) is 14.6 Å². The van der Waals surface area contributed by atoms with Crippen molar-refractivity contribution in [3.8, 4) is 11.5 Å². The van der Waals surface area contributed by atoms with Crippen molar-refractivity contribution in [2.45, 2.75) is 18.9 Å². The Bertz CT molecular complexity index is 870. The number of rotatable bonds is 4. The lowest BCUT2D eigenvalue weighted by molar-refractivity contribution is 0.102. The van der Waals surface area contributed by atoms with Crippen LogP contribution < -0.4 is 10.6 Å². The summed E-state index contributed by atoms with van der Waals surface area (Å²) in [7, 11) is 1.90. The van der Waals surface area contributed by atoms with Gasteiger partial charge in [0.25, 0.3) is 5.91 Å². The van der Waals surface area contributed by atoms with Crippen LogP contribution in [0.1, 0.15) is 29.2 Å².